The lowest BCUT2D eigenvalue weighted by molar-refractivity contribution is 0.121. The molecule has 0 aliphatic carbocycles. The minimum absolute atomic E-state index is 0.0899. The van der Waals surface area contributed by atoms with Crippen LogP contribution in [0.5, 0.6) is 5.75 Å². The number of nitrogens with zero attached hydrogens (tertiary/aromatic N) is 5. The quantitative estimate of drug-likeness (QED) is 0.841. The minimum atomic E-state index is -2.52. The van der Waals surface area contributed by atoms with Crippen molar-refractivity contribution in [2.45, 2.75) is 25.3 Å². The first kappa shape index (κ1) is 15.6. The van der Waals surface area contributed by atoms with Crippen molar-refractivity contribution in [2.24, 2.45) is 0 Å². The minimum Gasteiger partial charge on any atom is -0.494 e. The highest BCUT2D eigenvalue weighted by Gasteiger charge is 2.28. The Morgan fingerprint density at radius 1 is 1.39 bits per heavy atom. The highest BCUT2D eigenvalue weighted by molar-refractivity contribution is 5.37. The Kier molecular flexibility index (Phi) is 4.35. The number of tetrazole rings is 1. The van der Waals surface area contributed by atoms with Crippen LogP contribution in [0.25, 0.3) is 0 Å². The zero-order valence-corrected chi connectivity index (χ0v) is 12.5. The van der Waals surface area contributed by atoms with Crippen LogP contribution in [0, 0.1) is 5.82 Å². The van der Waals surface area contributed by atoms with Crippen molar-refractivity contribution < 1.29 is 17.9 Å². The topological polar surface area (TPSA) is 56.1 Å². The van der Waals surface area contributed by atoms with Gasteiger partial charge in [-0.2, -0.15) is 0 Å². The zero-order valence-electron chi connectivity index (χ0n) is 12.5. The van der Waals surface area contributed by atoms with Gasteiger partial charge in [-0.15, -0.1) is 0 Å². The smallest absolute Gasteiger partial charge is 0.258 e. The second-order valence-electron chi connectivity index (χ2n) is 5.38. The SMILES string of the molecule is COc1ccc(C2CCN(c3nnnn3CC(F)F)C2)cc1F. The summed E-state index contributed by atoms with van der Waals surface area (Å²) in [5, 5.41) is 10.9. The van der Waals surface area contributed by atoms with Crippen LogP contribution in [0.2, 0.25) is 0 Å². The second kappa shape index (κ2) is 6.43. The summed E-state index contributed by atoms with van der Waals surface area (Å²) >= 11 is 0. The number of methoxy groups -OCH3 is 1. The average Bonchev–Trinajstić information content (AvgIpc) is 3.15. The van der Waals surface area contributed by atoms with E-state index < -0.39 is 18.8 Å². The Morgan fingerprint density at radius 3 is 2.91 bits per heavy atom. The third kappa shape index (κ3) is 3.22. The monoisotopic (exact) mass is 327 g/mol. The molecule has 1 fully saturated rings. The Bertz CT molecular complexity index is 678. The van der Waals surface area contributed by atoms with Gasteiger partial charge in [0.1, 0.15) is 6.54 Å². The number of halogens is 3. The van der Waals surface area contributed by atoms with Crippen LogP contribution in [0.3, 0.4) is 0 Å². The molecule has 0 amide bonds. The Hall–Kier alpha value is -2.32. The number of rotatable bonds is 5. The maximum absolute atomic E-state index is 13.8. The van der Waals surface area contributed by atoms with E-state index >= 15 is 0 Å². The molecule has 0 bridgehead atoms. The fourth-order valence-electron chi connectivity index (χ4n) is 2.83. The fourth-order valence-corrected chi connectivity index (χ4v) is 2.83. The molecule has 1 aliphatic heterocycles. The summed E-state index contributed by atoms with van der Waals surface area (Å²) in [6.45, 7) is 0.637. The van der Waals surface area contributed by atoms with Gasteiger partial charge in [0.15, 0.2) is 11.6 Å². The van der Waals surface area contributed by atoms with E-state index in [1.54, 1.807) is 6.07 Å². The van der Waals surface area contributed by atoms with Gasteiger partial charge < -0.3 is 9.64 Å². The molecule has 124 valence electrons. The van der Waals surface area contributed by atoms with Gasteiger partial charge in [-0.1, -0.05) is 11.2 Å². The van der Waals surface area contributed by atoms with Gasteiger partial charge in [0, 0.05) is 19.0 Å². The number of aromatic nitrogens is 4. The molecule has 0 N–H and O–H groups in total. The molecule has 6 nitrogen and oxygen atoms in total. The molecule has 23 heavy (non-hydrogen) atoms. The van der Waals surface area contributed by atoms with Gasteiger partial charge in [-0.05, 0) is 34.5 Å². The van der Waals surface area contributed by atoms with Crippen molar-refractivity contribution in [2.75, 3.05) is 25.1 Å². The number of anilines is 1. The number of hydrogen-bond donors (Lipinski definition) is 0. The van der Waals surface area contributed by atoms with Crippen LogP contribution in [0.15, 0.2) is 18.2 Å². The summed E-state index contributed by atoms with van der Waals surface area (Å²) in [6, 6.07) is 4.86. The number of hydrogen-bond acceptors (Lipinski definition) is 5. The summed E-state index contributed by atoms with van der Waals surface area (Å²) < 4.78 is 44.9. The largest absolute Gasteiger partial charge is 0.494 e. The normalized spacial score (nSPS) is 18.0. The van der Waals surface area contributed by atoms with Gasteiger partial charge in [-0.25, -0.2) is 17.9 Å². The highest BCUT2D eigenvalue weighted by atomic mass is 19.3. The third-order valence-electron chi connectivity index (χ3n) is 3.94. The molecule has 1 saturated heterocycles. The fraction of sp³-hybridized carbons (Fsp3) is 0.500. The standard InChI is InChI=1S/C14H16F3N5O/c1-23-12-3-2-9(6-11(12)15)10-4-5-21(7-10)14-18-19-20-22(14)8-13(16)17/h2-3,6,10,13H,4-5,7-8H2,1H3. The lowest BCUT2D eigenvalue weighted by Gasteiger charge is -2.17. The summed E-state index contributed by atoms with van der Waals surface area (Å²) in [4.78, 5) is 1.84. The Morgan fingerprint density at radius 2 is 2.22 bits per heavy atom. The van der Waals surface area contributed by atoms with Crippen LogP contribution in [-0.2, 0) is 6.54 Å². The van der Waals surface area contributed by atoms with E-state index in [0.717, 1.165) is 16.7 Å². The number of benzene rings is 1. The summed E-state index contributed by atoms with van der Waals surface area (Å²) in [7, 11) is 1.41. The molecule has 1 aliphatic rings. The second-order valence-corrected chi connectivity index (χ2v) is 5.38. The first-order valence-corrected chi connectivity index (χ1v) is 7.21. The van der Waals surface area contributed by atoms with Gasteiger partial charge in [0.05, 0.1) is 7.11 Å². The first-order valence-electron chi connectivity index (χ1n) is 7.21. The maximum Gasteiger partial charge on any atom is 0.258 e. The van der Waals surface area contributed by atoms with E-state index in [4.69, 9.17) is 4.74 Å². The van der Waals surface area contributed by atoms with Crippen LogP contribution in [-0.4, -0.2) is 46.8 Å². The molecular formula is C14H16F3N5O. The van der Waals surface area contributed by atoms with Crippen LogP contribution < -0.4 is 9.64 Å². The zero-order chi connectivity index (χ0) is 16.4. The van der Waals surface area contributed by atoms with Crippen LogP contribution >= 0.6 is 0 Å². The number of ether oxygens (including phenoxy) is 1. The molecule has 1 unspecified atom stereocenters. The van der Waals surface area contributed by atoms with Crippen molar-refractivity contribution in [1.29, 1.82) is 0 Å². The van der Waals surface area contributed by atoms with Crippen LogP contribution in [0.4, 0.5) is 19.1 Å². The lowest BCUT2D eigenvalue weighted by atomic mass is 9.98. The van der Waals surface area contributed by atoms with Gasteiger partial charge in [0.2, 0.25) is 5.95 Å². The predicted octanol–water partition coefficient (Wildman–Crippen LogP) is 2.08. The molecule has 1 atom stereocenters. The van der Waals surface area contributed by atoms with Gasteiger partial charge in [0.25, 0.3) is 6.43 Å². The summed E-state index contributed by atoms with van der Waals surface area (Å²) in [6.07, 6.45) is -1.75. The number of alkyl halides is 2. The van der Waals surface area contributed by atoms with Crippen LogP contribution in [0.1, 0.15) is 17.9 Å². The van der Waals surface area contributed by atoms with E-state index in [2.05, 4.69) is 15.5 Å². The third-order valence-corrected chi connectivity index (χ3v) is 3.94. The van der Waals surface area contributed by atoms with E-state index in [1.165, 1.54) is 13.2 Å². The molecule has 1 aromatic carbocycles. The van der Waals surface area contributed by atoms with E-state index in [9.17, 15) is 13.2 Å². The molecule has 0 spiro atoms. The van der Waals surface area contributed by atoms with Crippen molar-refractivity contribution in [3.8, 4) is 5.75 Å². The molecule has 3 rings (SSSR count). The van der Waals surface area contributed by atoms with Crippen molar-refractivity contribution >= 4 is 5.95 Å². The molecule has 2 heterocycles. The van der Waals surface area contributed by atoms with Crippen molar-refractivity contribution in [3.05, 3.63) is 29.6 Å². The molecule has 0 radical (unpaired) electrons. The highest BCUT2D eigenvalue weighted by Crippen LogP contribution is 2.31. The van der Waals surface area contributed by atoms with E-state index in [0.29, 0.717) is 19.0 Å². The molecule has 0 saturated carbocycles. The van der Waals surface area contributed by atoms with Gasteiger partial charge in [-0.3, -0.25) is 0 Å². The average molecular weight is 327 g/mol. The Labute approximate surface area is 130 Å². The Balaban J connectivity index is 1.74. The molecule has 9 heteroatoms. The summed E-state index contributed by atoms with van der Waals surface area (Å²) in [5.74, 6) is 0.198. The predicted molar refractivity (Wildman–Crippen MR) is 76.3 cm³/mol. The van der Waals surface area contributed by atoms with E-state index in [1.807, 2.05) is 11.0 Å². The van der Waals surface area contributed by atoms with Crippen molar-refractivity contribution in [1.82, 2.24) is 20.2 Å². The molecule has 1 aromatic heterocycles. The molecular weight excluding hydrogens is 311 g/mol. The maximum atomic E-state index is 13.8. The van der Waals surface area contributed by atoms with E-state index in [-0.39, 0.29) is 11.7 Å². The molecule has 2 aromatic rings. The van der Waals surface area contributed by atoms with Crippen molar-refractivity contribution in [3.63, 3.8) is 0 Å². The first-order chi connectivity index (χ1) is 11.1. The lowest BCUT2D eigenvalue weighted by Crippen LogP contribution is -2.25. The summed E-state index contributed by atoms with van der Waals surface area (Å²) in [5.41, 5.74) is 0.846. The van der Waals surface area contributed by atoms with Gasteiger partial charge >= 0.3 is 0 Å².